The van der Waals surface area contributed by atoms with E-state index in [1.165, 1.54) is 6.20 Å². The van der Waals surface area contributed by atoms with Crippen molar-refractivity contribution < 1.29 is 13.6 Å². The molecule has 23 heavy (non-hydrogen) atoms. The Hall–Kier alpha value is -2.66. The lowest BCUT2D eigenvalue weighted by Gasteiger charge is -2.11. The van der Waals surface area contributed by atoms with E-state index in [-0.39, 0.29) is 5.56 Å². The van der Waals surface area contributed by atoms with Crippen LogP contribution in [0.3, 0.4) is 0 Å². The number of pyridine rings is 1. The lowest BCUT2D eigenvalue weighted by atomic mass is 9.96. The number of fused-ring (bicyclic) bond motifs is 1. The molecule has 0 bridgehead atoms. The molecule has 3 aromatic rings. The number of nitrogens with zero attached hydrogens (tertiary/aromatic N) is 1. The van der Waals surface area contributed by atoms with Crippen molar-refractivity contribution in [2.75, 3.05) is 0 Å². The normalized spacial score (nSPS) is 12.3. The molecule has 0 amide bonds. The summed E-state index contributed by atoms with van der Waals surface area (Å²) in [5.41, 5.74) is 5.60. The summed E-state index contributed by atoms with van der Waals surface area (Å²) >= 11 is 0. The first-order valence-electron chi connectivity index (χ1n) is 7.11. The van der Waals surface area contributed by atoms with Gasteiger partial charge in [-0.1, -0.05) is 18.2 Å². The van der Waals surface area contributed by atoms with Gasteiger partial charge in [-0.15, -0.1) is 0 Å². The molecule has 0 radical (unpaired) electrons. The fourth-order valence-electron chi connectivity index (χ4n) is 2.53. The molecule has 5 heteroatoms. The van der Waals surface area contributed by atoms with E-state index in [1.54, 1.807) is 37.4 Å². The van der Waals surface area contributed by atoms with Gasteiger partial charge in [-0.05, 0) is 36.1 Å². The van der Waals surface area contributed by atoms with Crippen molar-refractivity contribution >= 4 is 16.6 Å². The second kappa shape index (κ2) is 5.85. The van der Waals surface area contributed by atoms with Crippen LogP contribution in [-0.2, 0) is 0 Å². The molecule has 3 nitrogen and oxygen atoms in total. The van der Waals surface area contributed by atoms with Crippen molar-refractivity contribution in [2.24, 2.45) is 5.73 Å². The minimum atomic E-state index is -0.909. The molecule has 0 unspecified atom stereocenters. The summed E-state index contributed by atoms with van der Waals surface area (Å²) in [4.78, 5) is 16.6. The highest BCUT2D eigenvalue weighted by atomic mass is 19.1. The average molecular weight is 312 g/mol. The van der Waals surface area contributed by atoms with Gasteiger partial charge in [-0.2, -0.15) is 0 Å². The molecular formula is C18H14F2N2O. The Morgan fingerprint density at radius 1 is 1.17 bits per heavy atom. The summed E-state index contributed by atoms with van der Waals surface area (Å²) in [6, 6.07) is 8.32. The largest absolute Gasteiger partial charge is 0.324 e. The number of nitrogens with two attached hydrogens (primary N) is 1. The summed E-state index contributed by atoms with van der Waals surface area (Å²) in [5.74, 6) is -2.52. The van der Waals surface area contributed by atoms with Gasteiger partial charge < -0.3 is 5.73 Å². The molecule has 1 aromatic heterocycles. The van der Waals surface area contributed by atoms with E-state index in [2.05, 4.69) is 4.98 Å². The van der Waals surface area contributed by atoms with E-state index in [1.807, 2.05) is 0 Å². The Morgan fingerprint density at radius 2 is 1.87 bits per heavy atom. The number of rotatable bonds is 3. The zero-order valence-electron chi connectivity index (χ0n) is 12.4. The first-order chi connectivity index (χ1) is 11.0. The molecule has 3 rings (SSSR count). The third kappa shape index (κ3) is 2.71. The van der Waals surface area contributed by atoms with Gasteiger partial charge in [0.25, 0.3) is 0 Å². The standard InChI is InChI=1S/C18H14F2N2O/c1-10(21)12-7-15(19)17(16(20)8-12)18(23)14-4-2-3-11-9-22-6-5-13(11)14/h2-10H,21H2,1H3/t10-/m0/s1. The molecule has 0 aliphatic heterocycles. The Kier molecular flexibility index (Phi) is 3.88. The van der Waals surface area contributed by atoms with Gasteiger partial charge in [-0.25, -0.2) is 8.78 Å². The van der Waals surface area contributed by atoms with Crippen LogP contribution >= 0.6 is 0 Å². The molecule has 0 saturated heterocycles. The molecular weight excluding hydrogens is 298 g/mol. The average Bonchev–Trinajstić information content (AvgIpc) is 2.53. The lowest BCUT2D eigenvalue weighted by molar-refractivity contribution is 0.103. The maximum absolute atomic E-state index is 14.3. The van der Waals surface area contributed by atoms with Crippen LogP contribution in [0, 0.1) is 11.6 Å². The summed E-state index contributed by atoms with van der Waals surface area (Å²) in [6.07, 6.45) is 3.13. The topological polar surface area (TPSA) is 56.0 Å². The molecule has 0 fully saturated rings. The van der Waals surface area contributed by atoms with Crippen molar-refractivity contribution in [1.82, 2.24) is 4.98 Å². The number of hydrogen-bond acceptors (Lipinski definition) is 3. The summed E-state index contributed by atoms with van der Waals surface area (Å²) in [6.45, 7) is 1.62. The number of carbonyl (C=O) groups is 1. The maximum Gasteiger partial charge on any atom is 0.199 e. The van der Waals surface area contributed by atoms with Crippen molar-refractivity contribution in [3.63, 3.8) is 0 Å². The lowest BCUT2D eigenvalue weighted by Crippen LogP contribution is -2.12. The van der Waals surface area contributed by atoms with Crippen LogP contribution in [-0.4, -0.2) is 10.8 Å². The molecule has 0 aliphatic rings. The molecule has 2 N–H and O–H groups in total. The summed E-state index contributed by atoms with van der Waals surface area (Å²) < 4.78 is 28.6. The fraction of sp³-hybridized carbons (Fsp3) is 0.111. The van der Waals surface area contributed by atoms with Crippen LogP contribution in [0.25, 0.3) is 10.8 Å². The zero-order chi connectivity index (χ0) is 16.6. The van der Waals surface area contributed by atoms with Gasteiger partial charge in [0.05, 0.1) is 5.56 Å². The molecule has 116 valence electrons. The van der Waals surface area contributed by atoms with E-state index < -0.39 is 29.0 Å². The van der Waals surface area contributed by atoms with Crippen molar-refractivity contribution in [3.05, 3.63) is 77.1 Å². The van der Waals surface area contributed by atoms with Gasteiger partial charge >= 0.3 is 0 Å². The van der Waals surface area contributed by atoms with Gasteiger partial charge in [0, 0.05) is 29.4 Å². The van der Waals surface area contributed by atoms with Crippen LogP contribution in [0.15, 0.2) is 48.8 Å². The molecule has 0 aliphatic carbocycles. The smallest absolute Gasteiger partial charge is 0.199 e. The highest BCUT2D eigenvalue weighted by Crippen LogP contribution is 2.25. The SMILES string of the molecule is C[C@H](N)c1cc(F)c(C(=O)c2cccc3cnccc23)c(F)c1. The predicted molar refractivity (Wildman–Crippen MR) is 84.1 cm³/mol. The van der Waals surface area contributed by atoms with Crippen LogP contribution in [0.2, 0.25) is 0 Å². The summed E-state index contributed by atoms with van der Waals surface area (Å²) in [5, 5.41) is 1.33. The number of carbonyl (C=O) groups excluding carboxylic acids is 1. The van der Waals surface area contributed by atoms with E-state index in [0.29, 0.717) is 10.9 Å². The van der Waals surface area contributed by atoms with Crippen molar-refractivity contribution in [2.45, 2.75) is 13.0 Å². The van der Waals surface area contributed by atoms with Crippen LogP contribution < -0.4 is 5.73 Å². The first-order valence-corrected chi connectivity index (χ1v) is 7.11. The van der Waals surface area contributed by atoms with Crippen molar-refractivity contribution in [3.8, 4) is 0 Å². The Balaban J connectivity index is 2.17. The second-order valence-electron chi connectivity index (χ2n) is 5.38. The van der Waals surface area contributed by atoms with Crippen LogP contribution in [0.4, 0.5) is 8.78 Å². The van der Waals surface area contributed by atoms with Gasteiger partial charge in [0.1, 0.15) is 11.6 Å². The Bertz CT molecular complexity index is 878. The van der Waals surface area contributed by atoms with Gasteiger partial charge in [-0.3, -0.25) is 9.78 Å². The zero-order valence-corrected chi connectivity index (χ0v) is 12.4. The van der Waals surface area contributed by atoms with Crippen LogP contribution in [0.1, 0.15) is 34.5 Å². The quantitative estimate of drug-likeness (QED) is 0.749. The number of benzene rings is 2. The van der Waals surface area contributed by atoms with Gasteiger partial charge in [0.2, 0.25) is 0 Å². The number of aromatic nitrogens is 1. The molecule has 1 heterocycles. The second-order valence-corrected chi connectivity index (χ2v) is 5.38. The van der Waals surface area contributed by atoms with E-state index in [4.69, 9.17) is 5.73 Å². The fourth-order valence-corrected chi connectivity index (χ4v) is 2.53. The van der Waals surface area contributed by atoms with Gasteiger partial charge in [0.15, 0.2) is 5.78 Å². The highest BCUT2D eigenvalue weighted by Gasteiger charge is 2.22. The Labute approximate surface area is 131 Å². The first kappa shape index (κ1) is 15.2. The summed E-state index contributed by atoms with van der Waals surface area (Å²) in [7, 11) is 0. The molecule has 0 saturated carbocycles. The Morgan fingerprint density at radius 3 is 2.52 bits per heavy atom. The molecule has 0 spiro atoms. The monoisotopic (exact) mass is 312 g/mol. The highest BCUT2D eigenvalue weighted by molar-refractivity contribution is 6.16. The third-order valence-electron chi connectivity index (χ3n) is 3.74. The maximum atomic E-state index is 14.3. The van der Waals surface area contributed by atoms with Crippen molar-refractivity contribution in [1.29, 1.82) is 0 Å². The van der Waals surface area contributed by atoms with Crippen LogP contribution in [0.5, 0.6) is 0 Å². The third-order valence-corrected chi connectivity index (χ3v) is 3.74. The number of ketones is 1. The minimum Gasteiger partial charge on any atom is -0.324 e. The predicted octanol–water partition coefficient (Wildman–Crippen LogP) is 3.76. The molecule has 1 atom stereocenters. The van der Waals surface area contributed by atoms with E-state index in [0.717, 1.165) is 17.5 Å². The van der Waals surface area contributed by atoms with E-state index in [9.17, 15) is 13.6 Å². The molecule has 2 aromatic carbocycles. The van der Waals surface area contributed by atoms with E-state index >= 15 is 0 Å². The number of halogens is 2. The minimum absolute atomic E-state index is 0.233. The number of hydrogen-bond donors (Lipinski definition) is 1.